The van der Waals surface area contributed by atoms with Gasteiger partial charge >= 0.3 is 0 Å². The summed E-state index contributed by atoms with van der Waals surface area (Å²) in [5.41, 5.74) is 0.901. The van der Waals surface area contributed by atoms with E-state index in [0.717, 1.165) is 29.3 Å². The molecule has 0 N–H and O–H groups in total. The highest BCUT2D eigenvalue weighted by Crippen LogP contribution is 2.30. The van der Waals surface area contributed by atoms with Gasteiger partial charge in [0, 0.05) is 10.7 Å². The first-order valence-corrected chi connectivity index (χ1v) is 5.31. The summed E-state index contributed by atoms with van der Waals surface area (Å²) < 4.78 is 6.44. The molecule has 1 saturated heterocycles. The zero-order valence-electron chi connectivity index (χ0n) is 7.52. The third-order valence-corrected chi connectivity index (χ3v) is 2.75. The van der Waals surface area contributed by atoms with E-state index in [1.165, 1.54) is 0 Å². The number of hydrogen-bond acceptors (Lipinski definition) is 3. The average Bonchev–Trinajstić information content (AvgIpc) is 2.67. The van der Waals surface area contributed by atoms with Crippen LogP contribution in [0.5, 0.6) is 0 Å². The molecule has 1 aliphatic heterocycles. The summed E-state index contributed by atoms with van der Waals surface area (Å²) in [4.78, 5) is 14.7. The van der Waals surface area contributed by atoms with Gasteiger partial charge in [-0.3, -0.25) is 4.98 Å². The Bertz CT molecular complexity index is 325. The Morgan fingerprint density at radius 3 is 2.93 bits per heavy atom. The smallest absolute Gasteiger partial charge is 0.148 e. The van der Waals surface area contributed by atoms with Crippen LogP contribution in [0.2, 0.25) is 0 Å². The van der Waals surface area contributed by atoms with E-state index in [2.05, 4.69) is 20.9 Å². The van der Waals surface area contributed by atoms with Crippen molar-refractivity contribution in [3.63, 3.8) is 0 Å². The quantitative estimate of drug-likeness (QED) is 0.762. The topological polar surface area (TPSA) is 39.2 Å². The first-order valence-electron chi connectivity index (χ1n) is 4.52. The highest BCUT2D eigenvalue weighted by molar-refractivity contribution is 9.10. The number of pyridine rings is 1. The molecule has 0 spiro atoms. The zero-order valence-corrected chi connectivity index (χ0v) is 9.11. The summed E-state index contributed by atoms with van der Waals surface area (Å²) >= 11 is 3.32. The van der Waals surface area contributed by atoms with Gasteiger partial charge < -0.3 is 9.53 Å². The maximum absolute atomic E-state index is 10.5. The first-order chi connectivity index (χ1) is 6.79. The highest BCUT2D eigenvalue weighted by Gasteiger charge is 2.26. The van der Waals surface area contributed by atoms with E-state index in [0.29, 0.717) is 0 Å². The van der Waals surface area contributed by atoms with Crippen molar-refractivity contribution in [2.75, 3.05) is 0 Å². The fourth-order valence-corrected chi connectivity index (χ4v) is 1.79. The van der Waals surface area contributed by atoms with Crippen molar-refractivity contribution in [1.29, 1.82) is 0 Å². The summed E-state index contributed by atoms with van der Waals surface area (Å²) in [7, 11) is 0. The molecular weight excluding hydrogens is 246 g/mol. The lowest BCUT2D eigenvalue weighted by atomic mass is 10.1. The lowest BCUT2D eigenvalue weighted by Gasteiger charge is -2.09. The predicted molar refractivity (Wildman–Crippen MR) is 54.8 cm³/mol. The normalized spacial score (nSPS) is 26.4. The second-order valence-electron chi connectivity index (χ2n) is 3.28. The van der Waals surface area contributed by atoms with Crippen LogP contribution in [0.4, 0.5) is 0 Å². The molecule has 0 radical (unpaired) electrons. The SMILES string of the molecule is O=CC1CCC(c2ccc(Br)cn2)O1. The van der Waals surface area contributed by atoms with Gasteiger partial charge in [0.05, 0.1) is 5.69 Å². The second kappa shape index (κ2) is 4.19. The Balaban J connectivity index is 2.09. The maximum Gasteiger partial charge on any atom is 0.148 e. The van der Waals surface area contributed by atoms with E-state index in [4.69, 9.17) is 4.74 Å². The van der Waals surface area contributed by atoms with Crippen LogP contribution in [0, 0.1) is 0 Å². The monoisotopic (exact) mass is 255 g/mol. The maximum atomic E-state index is 10.5. The minimum Gasteiger partial charge on any atom is -0.361 e. The molecule has 74 valence electrons. The molecule has 1 aromatic heterocycles. The molecule has 2 unspecified atom stereocenters. The van der Waals surface area contributed by atoms with Gasteiger partial charge in [0.2, 0.25) is 0 Å². The van der Waals surface area contributed by atoms with Gasteiger partial charge in [-0.2, -0.15) is 0 Å². The molecule has 2 atom stereocenters. The van der Waals surface area contributed by atoms with Gasteiger partial charge in [0.25, 0.3) is 0 Å². The summed E-state index contributed by atoms with van der Waals surface area (Å²) in [5.74, 6) is 0. The number of aldehydes is 1. The summed E-state index contributed by atoms with van der Waals surface area (Å²) in [6.07, 6.45) is 4.01. The number of halogens is 1. The third kappa shape index (κ3) is 2.01. The molecule has 1 aromatic rings. The Morgan fingerprint density at radius 2 is 2.36 bits per heavy atom. The minimum absolute atomic E-state index is 0.0155. The number of hydrogen-bond donors (Lipinski definition) is 0. The molecule has 0 aromatic carbocycles. The van der Waals surface area contributed by atoms with E-state index in [-0.39, 0.29) is 12.2 Å². The van der Waals surface area contributed by atoms with E-state index in [1.807, 2.05) is 12.1 Å². The van der Waals surface area contributed by atoms with Gasteiger partial charge in [-0.05, 0) is 40.9 Å². The second-order valence-corrected chi connectivity index (χ2v) is 4.19. The fourth-order valence-electron chi connectivity index (χ4n) is 1.56. The molecule has 2 rings (SSSR count). The van der Waals surface area contributed by atoms with Crippen molar-refractivity contribution in [2.45, 2.75) is 25.0 Å². The molecule has 0 bridgehead atoms. The molecule has 14 heavy (non-hydrogen) atoms. The number of aromatic nitrogens is 1. The molecule has 1 aliphatic rings. The van der Waals surface area contributed by atoms with Gasteiger partial charge in [0.1, 0.15) is 18.5 Å². The standard InChI is InChI=1S/C10H10BrNO2/c11-7-1-3-9(12-5-7)10-4-2-8(6-13)14-10/h1,3,5-6,8,10H,2,4H2. The largest absolute Gasteiger partial charge is 0.361 e. The number of nitrogens with zero attached hydrogens (tertiary/aromatic N) is 1. The van der Waals surface area contributed by atoms with Crippen molar-refractivity contribution >= 4 is 22.2 Å². The van der Waals surface area contributed by atoms with Crippen LogP contribution in [0.1, 0.15) is 24.6 Å². The fraction of sp³-hybridized carbons (Fsp3) is 0.400. The molecule has 0 aliphatic carbocycles. The average molecular weight is 256 g/mol. The number of rotatable bonds is 2. The molecular formula is C10H10BrNO2. The predicted octanol–water partition coefficient (Wildman–Crippen LogP) is 2.26. The summed E-state index contributed by atoms with van der Waals surface area (Å²) in [6, 6.07) is 3.85. The summed E-state index contributed by atoms with van der Waals surface area (Å²) in [6.45, 7) is 0. The van der Waals surface area contributed by atoms with Crippen LogP contribution >= 0.6 is 15.9 Å². The molecule has 0 amide bonds. The Hall–Kier alpha value is -0.740. The van der Waals surface area contributed by atoms with Gasteiger partial charge in [0.15, 0.2) is 0 Å². The Kier molecular flexibility index (Phi) is 2.93. The molecule has 1 fully saturated rings. The number of carbonyl (C=O) groups is 1. The zero-order chi connectivity index (χ0) is 9.97. The van der Waals surface area contributed by atoms with Crippen LogP contribution in [0.25, 0.3) is 0 Å². The van der Waals surface area contributed by atoms with Gasteiger partial charge in [-0.1, -0.05) is 0 Å². The van der Waals surface area contributed by atoms with Crippen LogP contribution in [-0.4, -0.2) is 17.4 Å². The summed E-state index contributed by atoms with van der Waals surface area (Å²) in [5, 5.41) is 0. The first kappa shape index (κ1) is 9.80. The van der Waals surface area contributed by atoms with Crippen molar-refractivity contribution in [3.8, 4) is 0 Å². The number of ether oxygens (including phenoxy) is 1. The van der Waals surface area contributed by atoms with Crippen LogP contribution < -0.4 is 0 Å². The van der Waals surface area contributed by atoms with Crippen LogP contribution in [0.15, 0.2) is 22.8 Å². The molecule has 0 saturated carbocycles. The van der Waals surface area contributed by atoms with Crippen LogP contribution in [0.3, 0.4) is 0 Å². The third-order valence-electron chi connectivity index (χ3n) is 2.28. The lowest BCUT2D eigenvalue weighted by Crippen LogP contribution is -2.07. The van der Waals surface area contributed by atoms with E-state index in [1.54, 1.807) is 6.20 Å². The van der Waals surface area contributed by atoms with Gasteiger partial charge in [-0.15, -0.1) is 0 Å². The Labute approximate surface area is 90.6 Å². The lowest BCUT2D eigenvalue weighted by molar-refractivity contribution is -0.117. The highest BCUT2D eigenvalue weighted by atomic mass is 79.9. The van der Waals surface area contributed by atoms with Crippen molar-refractivity contribution in [1.82, 2.24) is 4.98 Å². The van der Waals surface area contributed by atoms with Crippen molar-refractivity contribution < 1.29 is 9.53 Å². The van der Waals surface area contributed by atoms with E-state index < -0.39 is 0 Å². The molecule has 2 heterocycles. The number of carbonyl (C=O) groups excluding carboxylic acids is 1. The molecule has 3 nitrogen and oxygen atoms in total. The van der Waals surface area contributed by atoms with Crippen molar-refractivity contribution in [2.24, 2.45) is 0 Å². The van der Waals surface area contributed by atoms with Gasteiger partial charge in [-0.25, -0.2) is 0 Å². The Morgan fingerprint density at radius 1 is 1.50 bits per heavy atom. The minimum atomic E-state index is -0.245. The van der Waals surface area contributed by atoms with E-state index >= 15 is 0 Å². The van der Waals surface area contributed by atoms with Crippen molar-refractivity contribution in [3.05, 3.63) is 28.5 Å². The molecule has 4 heteroatoms. The van der Waals surface area contributed by atoms with Crippen LogP contribution in [-0.2, 0) is 9.53 Å². The van der Waals surface area contributed by atoms with E-state index in [9.17, 15) is 4.79 Å².